The van der Waals surface area contributed by atoms with Crippen LogP contribution in [0, 0.1) is 12.8 Å². The molecule has 2 amide bonds. The summed E-state index contributed by atoms with van der Waals surface area (Å²) < 4.78 is 6.39. The van der Waals surface area contributed by atoms with Crippen LogP contribution in [0.3, 0.4) is 0 Å². The van der Waals surface area contributed by atoms with Crippen molar-refractivity contribution in [2.75, 3.05) is 19.6 Å². The van der Waals surface area contributed by atoms with Crippen molar-refractivity contribution in [1.82, 2.24) is 25.1 Å². The molecule has 220 valence electrons. The molecular formula is C34H41N5O3. The van der Waals surface area contributed by atoms with E-state index in [0.29, 0.717) is 35.9 Å². The molecule has 1 N–H and O–H groups in total. The number of aryl methyl sites for hydroxylation is 1. The van der Waals surface area contributed by atoms with Crippen LogP contribution in [0.15, 0.2) is 54.9 Å². The van der Waals surface area contributed by atoms with Gasteiger partial charge >= 0.3 is 0 Å². The van der Waals surface area contributed by atoms with Crippen molar-refractivity contribution >= 4 is 11.8 Å². The number of nitrogens with zero attached hydrogens (tertiary/aromatic N) is 4. The lowest BCUT2D eigenvalue weighted by molar-refractivity contribution is -0.128. The molecule has 1 aromatic heterocycles. The minimum atomic E-state index is -0.0775. The minimum Gasteiger partial charge on any atom is -0.457 e. The molecule has 0 spiro atoms. The van der Waals surface area contributed by atoms with Crippen molar-refractivity contribution in [2.24, 2.45) is 5.92 Å². The Morgan fingerprint density at radius 3 is 2.36 bits per heavy atom. The van der Waals surface area contributed by atoms with Crippen LogP contribution in [0.1, 0.15) is 73.6 Å². The first-order valence-corrected chi connectivity index (χ1v) is 15.4. The minimum absolute atomic E-state index is 0.0775. The largest absolute Gasteiger partial charge is 0.457 e. The second kappa shape index (κ2) is 12.6. The third-order valence-electron chi connectivity index (χ3n) is 9.00. The molecular weight excluding hydrogens is 526 g/mol. The number of likely N-dealkylation sites (tertiary alicyclic amines) is 2. The number of amides is 2. The fourth-order valence-corrected chi connectivity index (χ4v) is 6.58. The van der Waals surface area contributed by atoms with Crippen molar-refractivity contribution < 1.29 is 14.3 Å². The molecule has 6 rings (SSSR count). The number of nitrogens with one attached hydrogen (secondary N) is 1. The van der Waals surface area contributed by atoms with Crippen molar-refractivity contribution in [2.45, 2.75) is 77.4 Å². The summed E-state index contributed by atoms with van der Waals surface area (Å²) >= 11 is 0. The number of ether oxygens (including phenoxy) is 1. The number of aromatic nitrogens is 2. The van der Waals surface area contributed by atoms with Crippen LogP contribution in [-0.4, -0.2) is 63.3 Å². The molecule has 3 aromatic rings. The highest BCUT2D eigenvalue weighted by molar-refractivity contribution is 5.95. The van der Waals surface area contributed by atoms with Crippen LogP contribution in [0.5, 0.6) is 11.5 Å². The molecule has 8 nitrogen and oxygen atoms in total. The Kier molecular flexibility index (Phi) is 8.51. The number of carbonyl (C=O) groups is 2. The quantitative estimate of drug-likeness (QED) is 0.373. The average molecular weight is 568 g/mol. The normalized spacial score (nSPS) is 20.3. The van der Waals surface area contributed by atoms with Gasteiger partial charge in [-0.05, 0) is 68.4 Å². The number of benzene rings is 2. The van der Waals surface area contributed by atoms with E-state index in [4.69, 9.17) is 4.74 Å². The topological polar surface area (TPSA) is 87.7 Å². The summed E-state index contributed by atoms with van der Waals surface area (Å²) in [6, 6.07) is 14.3. The summed E-state index contributed by atoms with van der Waals surface area (Å²) in [5.74, 6) is 2.40. The van der Waals surface area contributed by atoms with Gasteiger partial charge in [0.15, 0.2) is 0 Å². The SMILES string of the molecule is Cc1ncc(-c2ccc(Oc3cc(C(=O)NC4CCN(C5CCCC5)CC4)ccc3CN3CC(C)CC3=O)cc2)cn1. The summed E-state index contributed by atoms with van der Waals surface area (Å²) in [4.78, 5) is 39.0. The molecule has 1 saturated carbocycles. The Morgan fingerprint density at radius 1 is 0.976 bits per heavy atom. The summed E-state index contributed by atoms with van der Waals surface area (Å²) in [5.41, 5.74) is 3.38. The molecule has 1 aliphatic carbocycles. The Hall–Kier alpha value is -3.78. The van der Waals surface area contributed by atoms with Crippen LogP contribution < -0.4 is 10.1 Å². The fraction of sp³-hybridized carbons (Fsp3) is 0.471. The Morgan fingerprint density at radius 2 is 1.69 bits per heavy atom. The van der Waals surface area contributed by atoms with Gasteiger partial charge in [0.1, 0.15) is 17.3 Å². The van der Waals surface area contributed by atoms with E-state index in [2.05, 4.69) is 27.1 Å². The van der Waals surface area contributed by atoms with E-state index in [1.807, 2.05) is 66.7 Å². The predicted molar refractivity (Wildman–Crippen MR) is 162 cm³/mol. The summed E-state index contributed by atoms with van der Waals surface area (Å²) in [7, 11) is 0. The van der Waals surface area contributed by atoms with Crippen LogP contribution in [-0.2, 0) is 11.3 Å². The maximum Gasteiger partial charge on any atom is 0.251 e. The van der Waals surface area contributed by atoms with Crippen molar-refractivity contribution in [1.29, 1.82) is 0 Å². The Bertz CT molecular complexity index is 1390. The molecule has 3 aliphatic rings. The molecule has 0 radical (unpaired) electrons. The molecule has 2 aromatic carbocycles. The molecule has 1 unspecified atom stereocenters. The highest BCUT2D eigenvalue weighted by atomic mass is 16.5. The lowest BCUT2D eigenvalue weighted by Crippen LogP contribution is -2.47. The van der Waals surface area contributed by atoms with E-state index in [1.165, 1.54) is 25.7 Å². The number of carbonyl (C=O) groups excluding carboxylic acids is 2. The molecule has 3 fully saturated rings. The van der Waals surface area contributed by atoms with Gasteiger partial charge in [0.05, 0.1) is 0 Å². The van der Waals surface area contributed by atoms with Gasteiger partial charge in [-0.2, -0.15) is 0 Å². The number of rotatable bonds is 8. The monoisotopic (exact) mass is 567 g/mol. The van der Waals surface area contributed by atoms with Gasteiger partial charge < -0.3 is 19.9 Å². The molecule has 8 heteroatoms. The second-order valence-corrected chi connectivity index (χ2v) is 12.3. The number of hydrogen-bond donors (Lipinski definition) is 1. The lowest BCUT2D eigenvalue weighted by Gasteiger charge is -2.36. The summed E-state index contributed by atoms with van der Waals surface area (Å²) in [6.07, 6.45) is 11.5. The Balaban J connectivity index is 1.17. The standard InChI is InChI=1S/C34H41N5O3/c1-23-17-33(40)39(21-23)22-27-8-7-26(34(41)37-29-13-15-38(16-14-29)30-5-3-4-6-30)18-32(27)42-31-11-9-25(10-12-31)28-19-35-24(2)36-20-28/h7-12,18-20,23,29-30H,3-6,13-17,21-22H2,1-2H3,(H,37,41). The van der Waals surface area contributed by atoms with Crippen molar-refractivity contribution in [3.63, 3.8) is 0 Å². The maximum absolute atomic E-state index is 13.4. The van der Waals surface area contributed by atoms with E-state index in [-0.39, 0.29) is 17.9 Å². The van der Waals surface area contributed by atoms with E-state index in [0.717, 1.165) is 61.0 Å². The van der Waals surface area contributed by atoms with E-state index < -0.39 is 0 Å². The van der Waals surface area contributed by atoms with Gasteiger partial charge in [0.25, 0.3) is 5.91 Å². The third kappa shape index (κ3) is 6.65. The van der Waals surface area contributed by atoms with Gasteiger partial charge in [-0.3, -0.25) is 9.59 Å². The zero-order valence-corrected chi connectivity index (χ0v) is 24.7. The molecule has 2 saturated heterocycles. The maximum atomic E-state index is 13.4. The number of piperidine rings is 1. The molecule has 2 aliphatic heterocycles. The Labute approximate surface area is 248 Å². The van der Waals surface area contributed by atoms with Crippen LogP contribution in [0.4, 0.5) is 0 Å². The van der Waals surface area contributed by atoms with Crippen LogP contribution in [0.25, 0.3) is 11.1 Å². The molecule has 42 heavy (non-hydrogen) atoms. The van der Waals surface area contributed by atoms with Gasteiger partial charge in [-0.15, -0.1) is 0 Å². The van der Waals surface area contributed by atoms with Crippen molar-refractivity contribution in [3.05, 3.63) is 71.8 Å². The average Bonchev–Trinajstić information content (AvgIpc) is 3.64. The van der Waals surface area contributed by atoms with Gasteiger partial charge in [0, 0.05) is 73.8 Å². The van der Waals surface area contributed by atoms with Crippen LogP contribution in [0.2, 0.25) is 0 Å². The first kappa shape index (κ1) is 28.3. The van der Waals surface area contributed by atoms with Gasteiger partial charge in [-0.25, -0.2) is 9.97 Å². The van der Waals surface area contributed by atoms with Gasteiger partial charge in [0.2, 0.25) is 5.91 Å². The zero-order valence-electron chi connectivity index (χ0n) is 24.7. The third-order valence-corrected chi connectivity index (χ3v) is 9.00. The highest BCUT2D eigenvalue weighted by Gasteiger charge is 2.29. The zero-order chi connectivity index (χ0) is 29.1. The first-order valence-electron chi connectivity index (χ1n) is 15.4. The van der Waals surface area contributed by atoms with Gasteiger partial charge in [-0.1, -0.05) is 38.0 Å². The predicted octanol–water partition coefficient (Wildman–Crippen LogP) is 5.75. The van der Waals surface area contributed by atoms with E-state index >= 15 is 0 Å². The summed E-state index contributed by atoms with van der Waals surface area (Å²) in [6.45, 7) is 7.25. The second-order valence-electron chi connectivity index (χ2n) is 12.3. The smallest absolute Gasteiger partial charge is 0.251 e. The van der Waals surface area contributed by atoms with Crippen LogP contribution >= 0.6 is 0 Å². The highest BCUT2D eigenvalue weighted by Crippen LogP contribution is 2.32. The summed E-state index contributed by atoms with van der Waals surface area (Å²) in [5, 5.41) is 3.27. The fourth-order valence-electron chi connectivity index (χ4n) is 6.58. The van der Waals surface area contributed by atoms with Crippen molar-refractivity contribution in [3.8, 4) is 22.6 Å². The molecule has 3 heterocycles. The number of hydrogen-bond acceptors (Lipinski definition) is 6. The van der Waals surface area contributed by atoms with E-state index in [1.54, 1.807) is 0 Å². The van der Waals surface area contributed by atoms with E-state index in [9.17, 15) is 9.59 Å². The lowest BCUT2D eigenvalue weighted by atomic mass is 10.0. The molecule has 1 atom stereocenters. The first-order chi connectivity index (χ1) is 20.4. The molecule has 0 bridgehead atoms.